The van der Waals surface area contributed by atoms with E-state index in [0.29, 0.717) is 18.1 Å². The van der Waals surface area contributed by atoms with Gasteiger partial charge in [-0.2, -0.15) is 0 Å². The summed E-state index contributed by atoms with van der Waals surface area (Å²) in [5.41, 5.74) is 0. The minimum absolute atomic E-state index is 0.0176. The second-order valence-electron chi connectivity index (χ2n) is 3.19. The van der Waals surface area contributed by atoms with E-state index in [1.165, 1.54) is 0 Å². The van der Waals surface area contributed by atoms with Gasteiger partial charge in [0.25, 0.3) is 0 Å². The highest BCUT2D eigenvalue weighted by Crippen LogP contribution is 2.07. The van der Waals surface area contributed by atoms with Crippen molar-refractivity contribution in [3.8, 4) is 0 Å². The van der Waals surface area contributed by atoms with Gasteiger partial charge in [-0.15, -0.1) is 0 Å². The van der Waals surface area contributed by atoms with Crippen LogP contribution in [0.5, 0.6) is 0 Å². The zero-order valence-electron chi connectivity index (χ0n) is 7.98. The van der Waals surface area contributed by atoms with Crippen molar-refractivity contribution >= 4 is 5.78 Å². The van der Waals surface area contributed by atoms with Crippen molar-refractivity contribution < 1.29 is 4.79 Å². The van der Waals surface area contributed by atoms with Gasteiger partial charge in [0.05, 0.1) is 6.04 Å². The molecular formula is C9H19NO. The van der Waals surface area contributed by atoms with Gasteiger partial charge in [0.1, 0.15) is 5.78 Å². The van der Waals surface area contributed by atoms with E-state index in [2.05, 4.69) is 19.2 Å². The molecule has 0 saturated carbocycles. The van der Waals surface area contributed by atoms with Crippen LogP contribution in [0.3, 0.4) is 0 Å². The highest BCUT2D eigenvalue weighted by atomic mass is 16.1. The summed E-state index contributed by atoms with van der Waals surface area (Å²) < 4.78 is 0. The number of carbonyl (C=O) groups is 1. The minimum Gasteiger partial charge on any atom is -0.311 e. The average Bonchev–Trinajstić information content (AvgIpc) is 2.02. The van der Waals surface area contributed by atoms with Gasteiger partial charge in [-0.1, -0.05) is 20.3 Å². The van der Waals surface area contributed by atoms with Crippen LogP contribution in [-0.4, -0.2) is 18.9 Å². The van der Waals surface area contributed by atoms with Crippen LogP contribution in [0.4, 0.5) is 0 Å². The topological polar surface area (TPSA) is 29.1 Å². The number of Topliss-reactive ketones (excluding diaryl/α,β-unsaturated/α-hetero) is 1. The lowest BCUT2D eigenvalue weighted by atomic mass is 9.99. The first kappa shape index (κ1) is 10.6. The van der Waals surface area contributed by atoms with E-state index < -0.39 is 0 Å². The molecule has 0 amide bonds. The lowest BCUT2D eigenvalue weighted by Gasteiger charge is -2.11. The summed E-state index contributed by atoms with van der Waals surface area (Å²) in [6.45, 7) is 6.13. The Kier molecular flexibility index (Phi) is 5.12. The van der Waals surface area contributed by atoms with Gasteiger partial charge in [0, 0.05) is 6.42 Å². The molecule has 0 saturated heterocycles. The van der Waals surface area contributed by atoms with Crippen LogP contribution >= 0.6 is 0 Å². The van der Waals surface area contributed by atoms with Gasteiger partial charge in [-0.05, 0) is 19.9 Å². The van der Waals surface area contributed by atoms with Gasteiger partial charge in [0.2, 0.25) is 0 Å². The molecule has 2 unspecified atom stereocenters. The fourth-order valence-corrected chi connectivity index (χ4v) is 0.826. The molecule has 11 heavy (non-hydrogen) atoms. The third kappa shape index (κ3) is 4.14. The number of rotatable bonds is 5. The maximum Gasteiger partial charge on any atom is 0.149 e. The molecule has 2 nitrogen and oxygen atoms in total. The first-order chi connectivity index (χ1) is 5.11. The van der Waals surface area contributed by atoms with Crippen molar-refractivity contribution in [1.29, 1.82) is 0 Å². The third-order valence-electron chi connectivity index (χ3n) is 2.16. The second kappa shape index (κ2) is 5.30. The Bertz CT molecular complexity index is 123. The molecule has 0 spiro atoms. The van der Waals surface area contributed by atoms with Gasteiger partial charge in [-0.25, -0.2) is 0 Å². The number of likely N-dealkylation sites (N-methyl/N-ethyl adjacent to an activating group) is 1. The number of hydrogen-bond acceptors (Lipinski definition) is 2. The molecule has 0 aromatic carbocycles. The first-order valence-electron chi connectivity index (χ1n) is 4.31. The van der Waals surface area contributed by atoms with Crippen molar-refractivity contribution in [3.63, 3.8) is 0 Å². The van der Waals surface area contributed by atoms with E-state index in [9.17, 15) is 4.79 Å². The van der Waals surface area contributed by atoms with Crippen molar-refractivity contribution in [3.05, 3.63) is 0 Å². The van der Waals surface area contributed by atoms with E-state index in [1.54, 1.807) is 0 Å². The zero-order chi connectivity index (χ0) is 8.85. The quantitative estimate of drug-likeness (QED) is 0.656. The molecule has 0 heterocycles. The summed E-state index contributed by atoms with van der Waals surface area (Å²) in [7, 11) is 1.82. The molecule has 1 N–H and O–H groups in total. The van der Waals surface area contributed by atoms with E-state index in [0.717, 1.165) is 6.42 Å². The summed E-state index contributed by atoms with van der Waals surface area (Å²) in [5.74, 6) is 0.847. The maximum atomic E-state index is 11.3. The number of ketones is 1. The molecular weight excluding hydrogens is 138 g/mol. The van der Waals surface area contributed by atoms with Crippen molar-refractivity contribution in [2.24, 2.45) is 5.92 Å². The summed E-state index contributed by atoms with van der Waals surface area (Å²) in [5, 5.41) is 2.94. The molecule has 66 valence electrons. The summed E-state index contributed by atoms with van der Waals surface area (Å²) >= 11 is 0. The molecule has 0 aliphatic heterocycles. The van der Waals surface area contributed by atoms with Crippen LogP contribution in [0.2, 0.25) is 0 Å². The first-order valence-corrected chi connectivity index (χ1v) is 4.31. The van der Waals surface area contributed by atoms with E-state index in [1.807, 2.05) is 14.0 Å². The lowest BCUT2D eigenvalue weighted by Crippen LogP contribution is -2.31. The van der Waals surface area contributed by atoms with E-state index in [-0.39, 0.29) is 6.04 Å². The largest absolute Gasteiger partial charge is 0.311 e. The van der Waals surface area contributed by atoms with Gasteiger partial charge < -0.3 is 5.32 Å². The van der Waals surface area contributed by atoms with Crippen molar-refractivity contribution in [1.82, 2.24) is 5.32 Å². The van der Waals surface area contributed by atoms with E-state index >= 15 is 0 Å². The van der Waals surface area contributed by atoms with Crippen LogP contribution in [0.15, 0.2) is 0 Å². The molecule has 0 aliphatic carbocycles. The highest BCUT2D eigenvalue weighted by molar-refractivity contribution is 5.83. The fraction of sp³-hybridized carbons (Fsp3) is 0.889. The predicted molar refractivity (Wildman–Crippen MR) is 47.6 cm³/mol. The fourth-order valence-electron chi connectivity index (χ4n) is 0.826. The maximum absolute atomic E-state index is 11.3. The molecule has 0 aliphatic rings. The van der Waals surface area contributed by atoms with Gasteiger partial charge in [0.15, 0.2) is 0 Å². The van der Waals surface area contributed by atoms with Crippen LogP contribution in [-0.2, 0) is 4.79 Å². The zero-order valence-corrected chi connectivity index (χ0v) is 7.98. The Morgan fingerprint density at radius 3 is 2.36 bits per heavy atom. The smallest absolute Gasteiger partial charge is 0.149 e. The van der Waals surface area contributed by atoms with Crippen molar-refractivity contribution in [2.75, 3.05) is 7.05 Å². The Labute approximate surface area is 69.4 Å². The Morgan fingerprint density at radius 1 is 1.45 bits per heavy atom. The predicted octanol–water partition coefficient (Wildman–Crippen LogP) is 1.60. The number of hydrogen-bond donors (Lipinski definition) is 1. The normalized spacial score (nSPS) is 16.0. The van der Waals surface area contributed by atoms with Gasteiger partial charge in [-0.3, -0.25) is 4.79 Å². The molecule has 0 aromatic rings. The van der Waals surface area contributed by atoms with Gasteiger partial charge >= 0.3 is 0 Å². The summed E-state index contributed by atoms with van der Waals surface area (Å²) in [6, 6.07) is 0.0176. The molecule has 0 aromatic heterocycles. The van der Waals surface area contributed by atoms with E-state index in [4.69, 9.17) is 0 Å². The molecule has 0 rings (SSSR count). The molecule has 2 atom stereocenters. The monoisotopic (exact) mass is 157 g/mol. The molecule has 2 heteroatoms. The van der Waals surface area contributed by atoms with Crippen molar-refractivity contribution in [2.45, 2.75) is 39.7 Å². The Balaban J connectivity index is 3.68. The number of nitrogens with one attached hydrogen (secondary N) is 1. The molecule has 0 radical (unpaired) electrons. The highest BCUT2D eigenvalue weighted by Gasteiger charge is 2.12. The SMILES string of the molecule is CCC(C)CC(=O)C(C)NC. The Morgan fingerprint density at radius 2 is 2.00 bits per heavy atom. The second-order valence-corrected chi connectivity index (χ2v) is 3.19. The lowest BCUT2D eigenvalue weighted by molar-refractivity contribution is -0.121. The Hall–Kier alpha value is -0.370. The van der Waals surface area contributed by atoms with Crippen LogP contribution in [0.1, 0.15) is 33.6 Å². The van der Waals surface area contributed by atoms with Crippen LogP contribution in [0.25, 0.3) is 0 Å². The standard InChI is InChI=1S/C9H19NO/c1-5-7(2)6-9(11)8(3)10-4/h7-8,10H,5-6H2,1-4H3. The summed E-state index contributed by atoms with van der Waals surface area (Å²) in [4.78, 5) is 11.3. The molecule has 0 fully saturated rings. The van der Waals surface area contributed by atoms with Crippen LogP contribution < -0.4 is 5.32 Å². The minimum atomic E-state index is 0.0176. The summed E-state index contributed by atoms with van der Waals surface area (Å²) in [6.07, 6.45) is 1.79. The molecule has 0 bridgehead atoms. The number of carbonyl (C=O) groups excluding carboxylic acids is 1. The average molecular weight is 157 g/mol. The van der Waals surface area contributed by atoms with Crippen LogP contribution in [0, 0.1) is 5.92 Å². The third-order valence-corrected chi connectivity index (χ3v) is 2.16.